The summed E-state index contributed by atoms with van der Waals surface area (Å²) in [5.41, 5.74) is 0.319. The van der Waals surface area contributed by atoms with Crippen molar-refractivity contribution in [2.45, 2.75) is 38.6 Å². The molecule has 0 N–H and O–H groups in total. The zero-order valence-corrected chi connectivity index (χ0v) is 12.9. The number of fused-ring (bicyclic) bond motifs is 1. The molecule has 1 aliphatic heterocycles. The third-order valence-electron chi connectivity index (χ3n) is 4.19. The first kappa shape index (κ1) is 13.5. The van der Waals surface area contributed by atoms with Crippen LogP contribution in [0, 0.1) is 0 Å². The molecule has 5 nitrogen and oxygen atoms in total. The predicted octanol–water partition coefficient (Wildman–Crippen LogP) is 1.72. The Labute approximate surface area is 122 Å². The van der Waals surface area contributed by atoms with Gasteiger partial charge in [0, 0.05) is 26.6 Å². The van der Waals surface area contributed by atoms with Crippen LogP contribution in [0.1, 0.15) is 42.1 Å². The number of piperazine rings is 1. The van der Waals surface area contributed by atoms with Crippen molar-refractivity contribution in [1.82, 2.24) is 9.88 Å². The summed E-state index contributed by atoms with van der Waals surface area (Å²) in [6.07, 6.45) is 2.39. The average molecular weight is 293 g/mol. The summed E-state index contributed by atoms with van der Waals surface area (Å²) in [6.45, 7) is 5.30. The molecule has 1 fully saturated rings. The zero-order valence-electron chi connectivity index (χ0n) is 12.1. The van der Waals surface area contributed by atoms with Crippen LogP contribution in [0.15, 0.2) is 0 Å². The van der Waals surface area contributed by atoms with Gasteiger partial charge in [0.1, 0.15) is 5.54 Å². The molecular formula is C14H19N3O2S. The van der Waals surface area contributed by atoms with Crippen molar-refractivity contribution in [1.29, 1.82) is 0 Å². The van der Waals surface area contributed by atoms with E-state index in [2.05, 4.69) is 4.98 Å². The lowest BCUT2D eigenvalue weighted by atomic mass is 9.98. The SMILES string of the molecule is CN1CCN(c2nc3c(s2)C(=O)CCC3)C(C)(C)C1=O. The van der Waals surface area contributed by atoms with Gasteiger partial charge in [-0.15, -0.1) is 0 Å². The number of aryl methyl sites for hydroxylation is 1. The Morgan fingerprint density at radius 3 is 2.65 bits per heavy atom. The molecule has 1 aromatic heterocycles. The number of thiazole rings is 1. The van der Waals surface area contributed by atoms with Gasteiger partial charge in [-0.1, -0.05) is 11.3 Å². The molecule has 0 bridgehead atoms. The number of hydrogen-bond acceptors (Lipinski definition) is 5. The summed E-state index contributed by atoms with van der Waals surface area (Å²) in [4.78, 5) is 33.5. The number of likely N-dealkylation sites (N-methyl/N-ethyl adjacent to an activating group) is 1. The van der Waals surface area contributed by atoms with E-state index in [-0.39, 0.29) is 11.7 Å². The molecule has 108 valence electrons. The monoisotopic (exact) mass is 293 g/mol. The van der Waals surface area contributed by atoms with Gasteiger partial charge < -0.3 is 9.80 Å². The molecule has 2 heterocycles. The van der Waals surface area contributed by atoms with Gasteiger partial charge in [0.05, 0.1) is 10.6 Å². The Balaban J connectivity index is 1.97. The first-order valence-corrected chi connectivity index (χ1v) is 7.79. The van der Waals surface area contributed by atoms with Crippen molar-refractivity contribution in [3.63, 3.8) is 0 Å². The average Bonchev–Trinajstić information content (AvgIpc) is 2.81. The minimum atomic E-state index is -0.601. The fourth-order valence-corrected chi connectivity index (χ4v) is 4.17. The van der Waals surface area contributed by atoms with Crippen molar-refractivity contribution in [3.05, 3.63) is 10.6 Å². The fraction of sp³-hybridized carbons (Fsp3) is 0.643. The van der Waals surface area contributed by atoms with Gasteiger partial charge >= 0.3 is 0 Å². The van der Waals surface area contributed by atoms with Gasteiger partial charge in [-0.2, -0.15) is 0 Å². The van der Waals surface area contributed by atoms with E-state index in [0.717, 1.165) is 35.1 Å². The number of aromatic nitrogens is 1. The number of ketones is 1. The number of carbonyl (C=O) groups excluding carboxylic acids is 2. The summed E-state index contributed by atoms with van der Waals surface area (Å²) in [7, 11) is 1.83. The molecule has 0 aromatic carbocycles. The van der Waals surface area contributed by atoms with Crippen LogP contribution in [0.5, 0.6) is 0 Å². The molecule has 1 saturated heterocycles. The molecule has 1 amide bonds. The number of anilines is 1. The van der Waals surface area contributed by atoms with Crippen LogP contribution >= 0.6 is 11.3 Å². The second-order valence-corrected chi connectivity index (χ2v) is 6.96. The molecule has 0 atom stereocenters. The van der Waals surface area contributed by atoms with Crippen LogP contribution in [-0.4, -0.2) is 47.3 Å². The summed E-state index contributed by atoms with van der Waals surface area (Å²) in [5, 5.41) is 0.816. The summed E-state index contributed by atoms with van der Waals surface area (Å²) >= 11 is 1.45. The lowest BCUT2D eigenvalue weighted by Crippen LogP contribution is -2.62. The first-order chi connectivity index (χ1) is 9.41. The van der Waals surface area contributed by atoms with Crippen LogP contribution in [0.2, 0.25) is 0 Å². The van der Waals surface area contributed by atoms with E-state index in [1.165, 1.54) is 11.3 Å². The van der Waals surface area contributed by atoms with Gasteiger partial charge in [-0.25, -0.2) is 4.98 Å². The predicted molar refractivity (Wildman–Crippen MR) is 78.4 cm³/mol. The Bertz CT molecular complexity index is 579. The highest BCUT2D eigenvalue weighted by Crippen LogP contribution is 2.36. The van der Waals surface area contributed by atoms with E-state index in [1.54, 1.807) is 4.90 Å². The van der Waals surface area contributed by atoms with E-state index in [9.17, 15) is 9.59 Å². The highest BCUT2D eigenvalue weighted by Gasteiger charge is 2.42. The normalized spacial score (nSPS) is 22.1. The first-order valence-electron chi connectivity index (χ1n) is 6.97. The van der Waals surface area contributed by atoms with Gasteiger partial charge in [-0.3, -0.25) is 9.59 Å². The number of nitrogens with zero attached hydrogens (tertiary/aromatic N) is 3. The van der Waals surface area contributed by atoms with Crippen LogP contribution in [0.4, 0.5) is 5.13 Å². The number of rotatable bonds is 1. The minimum Gasteiger partial charge on any atom is -0.342 e. The molecule has 1 aromatic rings. The smallest absolute Gasteiger partial charge is 0.247 e. The van der Waals surface area contributed by atoms with Crippen LogP contribution in [-0.2, 0) is 11.2 Å². The van der Waals surface area contributed by atoms with E-state index >= 15 is 0 Å². The molecule has 6 heteroatoms. The minimum absolute atomic E-state index is 0.100. The number of Topliss-reactive ketones (excluding diaryl/α,β-unsaturated/α-hetero) is 1. The lowest BCUT2D eigenvalue weighted by Gasteiger charge is -2.44. The van der Waals surface area contributed by atoms with E-state index < -0.39 is 5.54 Å². The molecule has 2 aliphatic rings. The van der Waals surface area contributed by atoms with Gasteiger partial charge in [0.2, 0.25) is 5.91 Å². The number of amides is 1. The standard InChI is InChI=1S/C14H19N3O2S/c1-14(2)12(19)16(3)7-8-17(14)13-15-9-5-4-6-10(18)11(9)20-13/h4-8H2,1-3H3. The highest BCUT2D eigenvalue weighted by atomic mass is 32.1. The van der Waals surface area contributed by atoms with Crippen LogP contribution < -0.4 is 4.90 Å². The second kappa shape index (κ2) is 4.55. The molecule has 1 aliphatic carbocycles. The third kappa shape index (κ3) is 1.93. The second-order valence-electron chi connectivity index (χ2n) is 5.99. The quantitative estimate of drug-likeness (QED) is 0.791. The van der Waals surface area contributed by atoms with Gasteiger partial charge in [-0.05, 0) is 26.7 Å². The van der Waals surface area contributed by atoms with Crippen molar-refractivity contribution in [2.75, 3.05) is 25.0 Å². The van der Waals surface area contributed by atoms with Crippen molar-refractivity contribution in [3.8, 4) is 0 Å². The Morgan fingerprint density at radius 2 is 1.95 bits per heavy atom. The van der Waals surface area contributed by atoms with Crippen molar-refractivity contribution in [2.24, 2.45) is 0 Å². The van der Waals surface area contributed by atoms with Crippen molar-refractivity contribution < 1.29 is 9.59 Å². The van der Waals surface area contributed by atoms with E-state index in [1.807, 2.05) is 25.8 Å². The summed E-state index contributed by atoms with van der Waals surface area (Å²) < 4.78 is 0. The largest absolute Gasteiger partial charge is 0.342 e. The number of carbonyl (C=O) groups is 2. The van der Waals surface area contributed by atoms with Crippen LogP contribution in [0.25, 0.3) is 0 Å². The Kier molecular flexibility index (Phi) is 3.08. The topological polar surface area (TPSA) is 53.5 Å². The molecule has 0 radical (unpaired) electrons. The summed E-state index contributed by atoms with van der Waals surface area (Å²) in [6, 6.07) is 0. The van der Waals surface area contributed by atoms with Crippen LogP contribution in [0.3, 0.4) is 0 Å². The maximum atomic E-state index is 12.3. The Hall–Kier alpha value is -1.43. The molecule has 0 unspecified atom stereocenters. The third-order valence-corrected chi connectivity index (χ3v) is 5.35. The Morgan fingerprint density at radius 1 is 1.20 bits per heavy atom. The summed E-state index contributed by atoms with van der Waals surface area (Å²) in [5.74, 6) is 0.302. The zero-order chi connectivity index (χ0) is 14.5. The number of hydrogen-bond donors (Lipinski definition) is 0. The molecule has 20 heavy (non-hydrogen) atoms. The lowest BCUT2D eigenvalue weighted by molar-refractivity contribution is -0.136. The van der Waals surface area contributed by atoms with Gasteiger partial charge in [0.25, 0.3) is 0 Å². The molecule has 0 saturated carbocycles. The molecule has 0 spiro atoms. The van der Waals surface area contributed by atoms with E-state index in [4.69, 9.17) is 0 Å². The van der Waals surface area contributed by atoms with Gasteiger partial charge in [0.15, 0.2) is 10.9 Å². The highest BCUT2D eigenvalue weighted by molar-refractivity contribution is 7.17. The van der Waals surface area contributed by atoms with E-state index in [0.29, 0.717) is 13.0 Å². The molecule has 3 rings (SSSR count). The fourth-order valence-electron chi connectivity index (χ4n) is 2.92. The maximum absolute atomic E-state index is 12.3. The van der Waals surface area contributed by atoms with Crippen molar-refractivity contribution >= 4 is 28.2 Å². The maximum Gasteiger partial charge on any atom is 0.247 e. The molecular weight excluding hydrogens is 274 g/mol.